The Morgan fingerprint density at radius 2 is 1.83 bits per heavy atom. The predicted molar refractivity (Wildman–Crippen MR) is 91.8 cm³/mol. The first-order valence-electron chi connectivity index (χ1n) is 7.59. The molecule has 0 aliphatic carbocycles. The number of alkyl halides is 3. The number of aliphatic hydroxyl groups excluding tert-OH is 1. The minimum absolute atomic E-state index is 0. The van der Waals surface area contributed by atoms with Crippen LogP contribution in [0.25, 0.3) is 0 Å². The van der Waals surface area contributed by atoms with Gasteiger partial charge in [0.25, 0.3) is 0 Å². The third-order valence-electron chi connectivity index (χ3n) is 4.28. The summed E-state index contributed by atoms with van der Waals surface area (Å²) in [4.78, 5) is 2.12. The second-order valence-corrected chi connectivity index (χ2v) is 6.98. The minimum Gasteiger partial charge on any atom is -0.396 e. The topological polar surface area (TPSA) is 35.5 Å². The van der Waals surface area contributed by atoms with Gasteiger partial charge in [-0.1, -0.05) is 31.5 Å². The zero-order valence-electron chi connectivity index (χ0n) is 13.7. The molecule has 0 amide bonds. The minimum atomic E-state index is -4.50. The summed E-state index contributed by atoms with van der Waals surface area (Å²) < 4.78 is 39.5. The van der Waals surface area contributed by atoms with Crippen molar-refractivity contribution in [3.8, 4) is 0 Å². The van der Waals surface area contributed by atoms with E-state index >= 15 is 0 Å². The summed E-state index contributed by atoms with van der Waals surface area (Å²) in [6.45, 7) is 6.60. The third-order valence-corrected chi connectivity index (χ3v) is 4.61. The maximum absolute atomic E-state index is 13.2. The molecule has 2 N–H and O–H groups in total. The number of nitrogens with zero attached hydrogens (tertiary/aromatic N) is 1. The van der Waals surface area contributed by atoms with E-state index in [-0.39, 0.29) is 30.1 Å². The quantitative estimate of drug-likeness (QED) is 0.826. The van der Waals surface area contributed by atoms with Crippen molar-refractivity contribution < 1.29 is 18.3 Å². The Bertz CT molecular complexity index is 547. The lowest BCUT2D eigenvalue weighted by Gasteiger charge is -2.43. The SMILES string of the molecule is CC(C)(CO)[C@H](c1ccc(Cl)c(C(F)(F)F)c1)N1CCNCC1.Cl. The smallest absolute Gasteiger partial charge is 0.396 e. The van der Waals surface area contributed by atoms with Crippen LogP contribution in [0.2, 0.25) is 5.02 Å². The van der Waals surface area contributed by atoms with Gasteiger partial charge in [-0.15, -0.1) is 12.4 Å². The fourth-order valence-corrected chi connectivity index (χ4v) is 3.34. The van der Waals surface area contributed by atoms with Gasteiger partial charge in [0.05, 0.1) is 10.6 Å². The Kier molecular flexibility index (Phi) is 7.38. The summed E-state index contributed by atoms with van der Waals surface area (Å²) in [6.07, 6.45) is -4.50. The molecule has 24 heavy (non-hydrogen) atoms. The van der Waals surface area contributed by atoms with Crippen molar-refractivity contribution in [3.05, 3.63) is 34.3 Å². The lowest BCUT2D eigenvalue weighted by molar-refractivity contribution is -0.137. The average Bonchev–Trinajstić information content (AvgIpc) is 2.49. The molecule has 0 spiro atoms. The summed E-state index contributed by atoms with van der Waals surface area (Å²) in [5.41, 5.74) is -0.873. The maximum atomic E-state index is 13.2. The first-order valence-corrected chi connectivity index (χ1v) is 7.97. The highest BCUT2D eigenvalue weighted by Crippen LogP contribution is 2.42. The first kappa shape index (κ1) is 21.5. The molecule has 1 saturated heterocycles. The molecule has 8 heteroatoms. The van der Waals surface area contributed by atoms with E-state index in [0.717, 1.165) is 32.2 Å². The highest BCUT2D eigenvalue weighted by Gasteiger charge is 2.38. The van der Waals surface area contributed by atoms with Crippen LogP contribution in [0, 0.1) is 5.41 Å². The Labute approximate surface area is 151 Å². The van der Waals surface area contributed by atoms with E-state index in [1.807, 2.05) is 13.8 Å². The van der Waals surface area contributed by atoms with Gasteiger partial charge in [-0.05, 0) is 17.7 Å². The van der Waals surface area contributed by atoms with Gasteiger partial charge >= 0.3 is 6.18 Å². The molecule has 3 nitrogen and oxygen atoms in total. The van der Waals surface area contributed by atoms with Crippen molar-refractivity contribution in [1.29, 1.82) is 0 Å². The van der Waals surface area contributed by atoms with Crippen LogP contribution >= 0.6 is 24.0 Å². The Morgan fingerprint density at radius 1 is 1.25 bits per heavy atom. The van der Waals surface area contributed by atoms with Gasteiger partial charge in [0.15, 0.2) is 0 Å². The van der Waals surface area contributed by atoms with E-state index in [4.69, 9.17) is 11.6 Å². The van der Waals surface area contributed by atoms with Gasteiger partial charge < -0.3 is 10.4 Å². The molecule has 1 aromatic rings. The van der Waals surface area contributed by atoms with Crippen molar-refractivity contribution in [1.82, 2.24) is 10.2 Å². The number of hydrogen-bond donors (Lipinski definition) is 2. The van der Waals surface area contributed by atoms with Gasteiger partial charge in [0, 0.05) is 44.2 Å². The number of hydrogen-bond acceptors (Lipinski definition) is 3. The number of rotatable bonds is 4. The van der Waals surface area contributed by atoms with Gasteiger partial charge in [-0.3, -0.25) is 4.90 Å². The highest BCUT2D eigenvalue weighted by atomic mass is 35.5. The molecule has 0 saturated carbocycles. The molecule has 1 aliphatic heterocycles. The normalized spacial score (nSPS) is 18.1. The van der Waals surface area contributed by atoms with E-state index in [0.29, 0.717) is 5.56 Å². The second kappa shape index (κ2) is 8.23. The van der Waals surface area contributed by atoms with Crippen molar-refractivity contribution in [2.75, 3.05) is 32.8 Å². The van der Waals surface area contributed by atoms with Crippen LogP contribution < -0.4 is 5.32 Å². The van der Waals surface area contributed by atoms with Gasteiger partial charge in [-0.25, -0.2) is 0 Å². The molecule has 0 radical (unpaired) electrons. The van der Waals surface area contributed by atoms with Crippen molar-refractivity contribution in [3.63, 3.8) is 0 Å². The van der Waals surface area contributed by atoms with Gasteiger partial charge in [0.1, 0.15) is 0 Å². The molecule has 0 bridgehead atoms. The summed E-state index contributed by atoms with van der Waals surface area (Å²) in [5.74, 6) is 0. The van der Waals surface area contributed by atoms with Crippen LogP contribution in [0.15, 0.2) is 18.2 Å². The van der Waals surface area contributed by atoms with Gasteiger partial charge in [0.2, 0.25) is 0 Å². The maximum Gasteiger partial charge on any atom is 0.417 e. The number of benzene rings is 1. The lowest BCUT2D eigenvalue weighted by atomic mass is 9.79. The van der Waals surface area contributed by atoms with Crippen LogP contribution in [0.4, 0.5) is 13.2 Å². The predicted octanol–water partition coefficient (Wildman–Crippen LogP) is 3.75. The molecule has 138 valence electrons. The van der Waals surface area contributed by atoms with Crippen LogP contribution in [0.3, 0.4) is 0 Å². The lowest BCUT2D eigenvalue weighted by Crippen LogP contribution is -2.49. The molecule has 0 aromatic heterocycles. The van der Waals surface area contributed by atoms with Crippen LogP contribution in [0.1, 0.15) is 31.0 Å². The zero-order valence-corrected chi connectivity index (χ0v) is 15.2. The van der Waals surface area contributed by atoms with E-state index in [1.54, 1.807) is 6.07 Å². The molecular formula is C16H23Cl2F3N2O. The number of nitrogens with one attached hydrogen (secondary N) is 1. The van der Waals surface area contributed by atoms with Crippen molar-refractivity contribution in [2.45, 2.75) is 26.1 Å². The molecule has 1 atom stereocenters. The fraction of sp³-hybridized carbons (Fsp3) is 0.625. The molecule has 2 rings (SSSR count). The Hall–Kier alpha value is -0.530. The van der Waals surface area contributed by atoms with E-state index in [2.05, 4.69) is 10.2 Å². The molecule has 0 unspecified atom stereocenters. The zero-order chi connectivity index (χ0) is 17.3. The Morgan fingerprint density at radius 3 is 2.33 bits per heavy atom. The van der Waals surface area contributed by atoms with Gasteiger partial charge in [-0.2, -0.15) is 13.2 Å². The molecule has 1 heterocycles. The van der Waals surface area contributed by atoms with E-state index < -0.39 is 17.2 Å². The number of halogens is 5. The molecule has 1 aromatic carbocycles. The summed E-state index contributed by atoms with van der Waals surface area (Å²) in [7, 11) is 0. The largest absolute Gasteiger partial charge is 0.417 e. The third kappa shape index (κ3) is 4.76. The highest BCUT2D eigenvalue weighted by molar-refractivity contribution is 6.31. The first-order chi connectivity index (χ1) is 10.7. The van der Waals surface area contributed by atoms with E-state index in [9.17, 15) is 18.3 Å². The van der Waals surface area contributed by atoms with E-state index in [1.165, 1.54) is 6.07 Å². The molecular weight excluding hydrogens is 364 g/mol. The summed E-state index contributed by atoms with van der Waals surface area (Å²) >= 11 is 5.73. The van der Waals surface area contributed by atoms with Crippen LogP contribution in [-0.4, -0.2) is 42.8 Å². The fourth-order valence-electron chi connectivity index (χ4n) is 3.11. The van der Waals surface area contributed by atoms with Crippen molar-refractivity contribution >= 4 is 24.0 Å². The summed E-state index contributed by atoms with van der Waals surface area (Å²) in [6, 6.07) is 3.73. The standard InChI is InChI=1S/C16H22ClF3N2O.ClH/c1-15(2,10-23)14(22-7-5-21-6-8-22)11-3-4-13(17)12(9-11)16(18,19)20;/h3-4,9,14,21,23H,5-8,10H2,1-2H3;1H/t14-;/m0./s1. The van der Waals surface area contributed by atoms with Crippen LogP contribution in [-0.2, 0) is 6.18 Å². The molecule has 1 aliphatic rings. The van der Waals surface area contributed by atoms with Crippen molar-refractivity contribution in [2.24, 2.45) is 5.41 Å². The number of aliphatic hydroxyl groups is 1. The summed E-state index contributed by atoms with van der Waals surface area (Å²) in [5, 5.41) is 12.7. The second-order valence-electron chi connectivity index (χ2n) is 6.57. The average molecular weight is 387 g/mol. The van der Waals surface area contributed by atoms with Crippen LogP contribution in [0.5, 0.6) is 0 Å². The Balaban J connectivity index is 0.00000288. The molecule has 1 fully saturated rings. The number of piperazine rings is 1. The monoisotopic (exact) mass is 386 g/mol.